The largest absolute Gasteiger partial charge is 0.295 e. The molecule has 0 bridgehead atoms. The predicted molar refractivity (Wildman–Crippen MR) is 78.2 cm³/mol. The number of benzene rings is 2. The molecule has 1 heterocycles. The van der Waals surface area contributed by atoms with Gasteiger partial charge in [0.05, 0.1) is 22.6 Å². The van der Waals surface area contributed by atoms with E-state index in [4.69, 9.17) is 11.6 Å². The summed E-state index contributed by atoms with van der Waals surface area (Å²) < 4.78 is 42.3. The molecule has 2 nitrogen and oxygen atoms in total. The topological polar surface area (TPSA) is 17.8 Å². The molecule has 3 rings (SSSR count). The summed E-state index contributed by atoms with van der Waals surface area (Å²) in [4.78, 5) is 4.30. The van der Waals surface area contributed by atoms with E-state index in [0.717, 1.165) is 16.6 Å². The highest BCUT2D eigenvalue weighted by Gasteiger charge is 2.16. The van der Waals surface area contributed by atoms with Gasteiger partial charge in [0.25, 0.3) is 0 Å². The zero-order chi connectivity index (χ0) is 15.1. The monoisotopic (exact) mass is 374 g/mol. The third-order valence-electron chi connectivity index (χ3n) is 3.03. The summed E-state index contributed by atoms with van der Waals surface area (Å²) in [6.45, 7) is 0. The van der Waals surface area contributed by atoms with E-state index in [-0.39, 0.29) is 11.6 Å². The number of fused-ring (bicyclic) bond motifs is 1. The molecule has 2 aromatic carbocycles. The van der Waals surface area contributed by atoms with E-state index in [2.05, 4.69) is 20.9 Å². The van der Waals surface area contributed by atoms with E-state index in [1.807, 2.05) is 0 Å². The Bertz CT molecular complexity index is 825. The summed E-state index contributed by atoms with van der Waals surface area (Å²) in [6.07, 6.45) is 0. The standard InChI is InChI=1S/C14H7BrClF3N2/c15-7-1-2-11-12(3-7)21(13(6-16)20-11)8-4-9(17)14(19)10(18)5-8/h1-5H,6H2. The molecule has 0 aliphatic carbocycles. The smallest absolute Gasteiger partial charge is 0.194 e. The van der Waals surface area contributed by atoms with Gasteiger partial charge in [-0.3, -0.25) is 4.57 Å². The molecule has 21 heavy (non-hydrogen) atoms. The van der Waals surface area contributed by atoms with Crippen molar-refractivity contribution in [1.29, 1.82) is 0 Å². The van der Waals surface area contributed by atoms with Crippen molar-refractivity contribution in [3.05, 3.63) is 58.1 Å². The van der Waals surface area contributed by atoms with Crippen molar-refractivity contribution in [2.75, 3.05) is 0 Å². The fraction of sp³-hybridized carbons (Fsp3) is 0.0714. The van der Waals surface area contributed by atoms with Crippen LogP contribution in [0.1, 0.15) is 5.82 Å². The maximum Gasteiger partial charge on any atom is 0.194 e. The first-order valence-electron chi connectivity index (χ1n) is 5.89. The molecule has 0 fully saturated rings. The van der Waals surface area contributed by atoms with Gasteiger partial charge < -0.3 is 0 Å². The van der Waals surface area contributed by atoms with Crippen molar-refractivity contribution >= 4 is 38.6 Å². The Kier molecular flexibility index (Phi) is 3.67. The second kappa shape index (κ2) is 5.35. The van der Waals surface area contributed by atoms with E-state index in [0.29, 0.717) is 16.9 Å². The Morgan fingerprint density at radius 1 is 1.10 bits per heavy atom. The second-order valence-electron chi connectivity index (χ2n) is 4.35. The third kappa shape index (κ3) is 2.42. The number of alkyl halides is 1. The average molecular weight is 376 g/mol. The van der Waals surface area contributed by atoms with Crippen LogP contribution in [0.5, 0.6) is 0 Å². The van der Waals surface area contributed by atoms with Crippen molar-refractivity contribution in [3.8, 4) is 5.69 Å². The van der Waals surface area contributed by atoms with Crippen molar-refractivity contribution < 1.29 is 13.2 Å². The summed E-state index contributed by atoms with van der Waals surface area (Å²) in [5.41, 5.74) is 1.37. The van der Waals surface area contributed by atoms with Gasteiger partial charge in [0.15, 0.2) is 17.5 Å². The maximum atomic E-state index is 13.5. The molecular formula is C14H7BrClF3N2. The molecule has 0 aliphatic rings. The van der Waals surface area contributed by atoms with Crippen molar-refractivity contribution in [2.45, 2.75) is 5.88 Å². The fourth-order valence-electron chi connectivity index (χ4n) is 2.15. The number of nitrogens with zero attached hydrogens (tertiary/aromatic N) is 2. The molecule has 108 valence electrons. The SMILES string of the molecule is Fc1cc(-n2c(CCl)nc3ccc(Br)cc32)cc(F)c1F. The van der Waals surface area contributed by atoms with Crippen LogP contribution >= 0.6 is 27.5 Å². The molecule has 3 aromatic rings. The first-order valence-corrected chi connectivity index (χ1v) is 7.22. The van der Waals surface area contributed by atoms with Crippen LogP contribution in [0, 0.1) is 17.5 Å². The molecule has 0 N–H and O–H groups in total. The molecule has 0 radical (unpaired) electrons. The van der Waals surface area contributed by atoms with E-state index in [1.54, 1.807) is 18.2 Å². The highest BCUT2D eigenvalue weighted by atomic mass is 79.9. The molecule has 0 aliphatic heterocycles. The zero-order valence-corrected chi connectivity index (χ0v) is 12.7. The van der Waals surface area contributed by atoms with Crippen molar-refractivity contribution in [1.82, 2.24) is 9.55 Å². The third-order valence-corrected chi connectivity index (χ3v) is 3.76. The Balaban J connectivity index is 2.35. The predicted octanol–water partition coefficient (Wildman–Crippen LogP) is 4.94. The minimum Gasteiger partial charge on any atom is -0.295 e. The van der Waals surface area contributed by atoms with Gasteiger partial charge in [0, 0.05) is 16.6 Å². The summed E-state index contributed by atoms with van der Waals surface area (Å²) in [5.74, 6) is -3.57. The van der Waals surface area contributed by atoms with E-state index in [9.17, 15) is 13.2 Å². The number of aromatic nitrogens is 2. The molecule has 0 atom stereocenters. The van der Waals surface area contributed by atoms with Crippen LogP contribution < -0.4 is 0 Å². The van der Waals surface area contributed by atoms with E-state index in [1.165, 1.54) is 4.57 Å². The van der Waals surface area contributed by atoms with Gasteiger partial charge in [0.1, 0.15) is 5.82 Å². The lowest BCUT2D eigenvalue weighted by Crippen LogP contribution is -2.02. The van der Waals surface area contributed by atoms with Crippen LogP contribution in [0.3, 0.4) is 0 Å². The highest BCUT2D eigenvalue weighted by Crippen LogP contribution is 2.27. The van der Waals surface area contributed by atoms with Gasteiger partial charge in [-0.2, -0.15) is 0 Å². The van der Waals surface area contributed by atoms with E-state index >= 15 is 0 Å². The van der Waals surface area contributed by atoms with Gasteiger partial charge in [0.2, 0.25) is 0 Å². The van der Waals surface area contributed by atoms with E-state index < -0.39 is 17.5 Å². The van der Waals surface area contributed by atoms with Crippen LogP contribution in [0.4, 0.5) is 13.2 Å². The maximum absolute atomic E-state index is 13.5. The lowest BCUT2D eigenvalue weighted by molar-refractivity contribution is 0.446. The van der Waals surface area contributed by atoms with Crippen LogP contribution in [-0.4, -0.2) is 9.55 Å². The number of rotatable bonds is 2. The van der Waals surface area contributed by atoms with Crippen molar-refractivity contribution in [2.24, 2.45) is 0 Å². The average Bonchev–Trinajstić information content (AvgIpc) is 2.81. The Hall–Kier alpha value is -1.53. The number of halogens is 5. The minimum atomic E-state index is -1.50. The molecule has 0 saturated heterocycles. The van der Waals surface area contributed by atoms with Crippen LogP contribution in [0.25, 0.3) is 16.7 Å². The highest BCUT2D eigenvalue weighted by molar-refractivity contribution is 9.10. The van der Waals surface area contributed by atoms with Crippen LogP contribution in [-0.2, 0) is 5.88 Å². The fourth-order valence-corrected chi connectivity index (χ4v) is 2.68. The first kappa shape index (κ1) is 14.4. The summed E-state index contributed by atoms with van der Waals surface area (Å²) >= 11 is 9.18. The van der Waals surface area contributed by atoms with Crippen LogP contribution in [0.2, 0.25) is 0 Å². The normalized spacial score (nSPS) is 11.3. The van der Waals surface area contributed by atoms with Gasteiger partial charge >= 0.3 is 0 Å². The quantitative estimate of drug-likeness (QED) is 0.458. The zero-order valence-electron chi connectivity index (χ0n) is 10.4. The molecule has 0 unspecified atom stereocenters. The van der Waals surface area contributed by atoms with Gasteiger partial charge in [-0.05, 0) is 18.2 Å². The molecule has 7 heteroatoms. The molecule has 0 spiro atoms. The Labute approximate surface area is 131 Å². The number of hydrogen-bond donors (Lipinski definition) is 0. The Morgan fingerprint density at radius 3 is 2.38 bits per heavy atom. The summed E-state index contributed by atoms with van der Waals surface area (Å²) in [7, 11) is 0. The summed E-state index contributed by atoms with van der Waals surface area (Å²) in [5, 5.41) is 0. The Morgan fingerprint density at radius 2 is 1.76 bits per heavy atom. The lowest BCUT2D eigenvalue weighted by atomic mass is 10.2. The lowest BCUT2D eigenvalue weighted by Gasteiger charge is -2.09. The molecular weight excluding hydrogens is 369 g/mol. The van der Waals surface area contributed by atoms with Gasteiger partial charge in [-0.25, -0.2) is 18.2 Å². The summed E-state index contributed by atoms with van der Waals surface area (Å²) in [6, 6.07) is 7.12. The van der Waals surface area contributed by atoms with Crippen LogP contribution in [0.15, 0.2) is 34.8 Å². The second-order valence-corrected chi connectivity index (χ2v) is 5.54. The molecule has 0 saturated carbocycles. The first-order chi connectivity index (χ1) is 10.0. The molecule has 1 aromatic heterocycles. The minimum absolute atomic E-state index is 0.0485. The number of imidazole rings is 1. The van der Waals surface area contributed by atoms with Gasteiger partial charge in [-0.15, -0.1) is 11.6 Å². The van der Waals surface area contributed by atoms with Gasteiger partial charge in [-0.1, -0.05) is 15.9 Å². The van der Waals surface area contributed by atoms with Crippen molar-refractivity contribution in [3.63, 3.8) is 0 Å². The number of hydrogen-bond acceptors (Lipinski definition) is 1. The molecule has 0 amide bonds.